The van der Waals surface area contributed by atoms with E-state index in [0.717, 1.165) is 6.42 Å². The largest absolute Gasteiger partial charge is 0.416 e. The van der Waals surface area contributed by atoms with Crippen molar-refractivity contribution in [2.75, 3.05) is 13.2 Å². The van der Waals surface area contributed by atoms with Crippen LogP contribution in [0.25, 0.3) is 0 Å². The van der Waals surface area contributed by atoms with Gasteiger partial charge in [-0.2, -0.15) is 0 Å². The van der Waals surface area contributed by atoms with Crippen LogP contribution in [-0.2, 0) is 13.7 Å². The van der Waals surface area contributed by atoms with Gasteiger partial charge in [-0.1, -0.05) is 71.6 Å². The van der Waals surface area contributed by atoms with Crippen molar-refractivity contribution >= 4 is 22.6 Å². The summed E-state index contributed by atoms with van der Waals surface area (Å²) >= 11 is 0. The van der Waals surface area contributed by atoms with E-state index in [2.05, 4.69) is 79.6 Å². The van der Waals surface area contributed by atoms with Crippen molar-refractivity contribution < 1.29 is 18.5 Å². The van der Waals surface area contributed by atoms with Crippen LogP contribution < -0.4 is 0 Å². The molecule has 1 heterocycles. The number of nitrogens with zero attached hydrogens (tertiary/aromatic N) is 1. The van der Waals surface area contributed by atoms with Crippen LogP contribution >= 0.6 is 0 Å². The Morgan fingerprint density at radius 2 is 1.59 bits per heavy atom. The lowest BCUT2D eigenvalue weighted by molar-refractivity contribution is -0.111. The summed E-state index contributed by atoms with van der Waals surface area (Å²) in [6.45, 7) is 23.6. The maximum Gasteiger partial charge on any atom is 0.357 e. The molecule has 2 rings (SSSR count). The van der Waals surface area contributed by atoms with E-state index in [0.29, 0.717) is 25.1 Å². The molecule has 190 valence electrons. The minimum absolute atomic E-state index is 0.00718. The van der Waals surface area contributed by atoms with Gasteiger partial charge >= 0.3 is 5.97 Å². The first-order chi connectivity index (χ1) is 15.5. The Kier molecular flexibility index (Phi) is 9.39. The Bertz CT molecular complexity index is 876. The smallest absolute Gasteiger partial charge is 0.357 e. The number of hydrogen-bond acceptors (Lipinski definition) is 5. The summed E-state index contributed by atoms with van der Waals surface area (Å²) in [5, 5.41) is 2.01. The average molecular weight is 504 g/mol. The molecule has 0 unspecified atom stereocenters. The van der Waals surface area contributed by atoms with Gasteiger partial charge in [0.05, 0.1) is 18.2 Å². The first-order valence-corrected chi connectivity index (χ1v) is 18.2. The number of carbonyl (C=O) groups excluding carboxylic acids is 1. The minimum atomic E-state index is -1.95. The lowest BCUT2D eigenvalue weighted by Crippen LogP contribution is -2.44. The summed E-state index contributed by atoms with van der Waals surface area (Å²) in [6, 6.07) is 8.90. The van der Waals surface area contributed by atoms with Gasteiger partial charge in [0.15, 0.2) is 16.6 Å². The number of rotatable bonds is 7. The molecule has 0 aliphatic carbocycles. The third-order valence-electron chi connectivity index (χ3n) is 7.46. The highest BCUT2D eigenvalue weighted by Crippen LogP contribution is 2.39. The molecular formula is C27H45NO4Si2. The fraction of sp³-hybridized carbons (Fsp3) is 0.667. The lowest BCUT2D eigenvalue weighted by Gasteiger charge is -2.38. The standard InChI is InChI=1S/C27H45NO4Si2/c1-26(2,3)33(7,8)30-19-15-14-18-23-20-24(32-34(9,10)27(4,5)6)21-28(23)31-25(29)22-16-12-11-13-17-22/h11-13,16-17,23-24H,15,19-21H2,1-10H3/t23-,24-/m1/s1. The van der Waals surface area contributed by atoms with Crippen LogP contribution in [0, 0.1) is 11.8 Å². The van der Waals surface area contributed by atoms with Crippen LogP contribution in [0.1, 0.15) is 64.7 Å². The van der Waals surface area contributed by atoms with Gasteiger partial charge < -0.3 is 13.7 Å². The SMILES string of the molecule is CC(C)(C)[Si](C)(C)OCCC#C[C@@H]1C[C@@H](O[Si](C)(C)C(C)(C)C)CN1OC(=O)c1ccccc1. The Morgan fingerprint density at radius 3 is 2.15 bits per heavy atom. The van der Waals surface area contributed by atoms with Crippen molar-refractivity contribution in [1.82, 2.24) is 5.06 Å². The number of hydrogen-bond donors (Lipinski definition) is 0. The summed E-state index contributed by atoms with van der Waals surface area (Å²) in [5.41, 5.74) is 0.533. The second-order valence-electron chi connectivity index (χ2n) is 12.3. The predicted molar refractivity (Wildman–Crippen MR) is 145 cm³/mol. The highest BCUT2D eigenvalue weighted by Gasteiger charge is 2.43. The fourth-order valence-corrected chi connectivity index (χ4v) is 5.58. The van der Waals surface area contributed by atoms with Crippen LogP contribution in [-0.4, -0.2) is 53.0 Å². The molecule has 5 nitrogen and oxygen atoms in total. The molecule has 1 aromatic carbocycles. The maximum atomic E-state index is 12.7. The molecule has 1 aliphatic rings. The van der Waals surface area contributed by atoms with Crippen LogP contribution in [0.15, 0.2) is 30.3 Å². The molecule has 0 radical (unpaired) electrons. The lowest BCUT2D eigenvalue weighted by atomic mass is 10.2. The van der Waals surface area contributed by atoms with Gasteiger partial charge in [0.25, 0.3) is 0 Å². The molecular weight excluding hydrogens is 458 g/mol. The molecule has 0 amide bonds. The van der Waals surface area contributed by atoms with Gasteiger partial charge in [0.1, 0.15) is 6.04 Å². The molecule has 0 aromatic heterocycles. The molecule has 34 heavy (non-hydrogen) atoms. The number of benzene rings is 1. The van der Waals surface area contributed by atoms with E-state index in [-0.39, 0.29) is 28.2 Å². The van der Waals surface area contributed by atoms with Crippen molar-refractivity contribution in [3.05, 3.63) is 35.9 Å². The number of hydroxylamine groups is 2. The monoisotopic (exact) mass is 503 g/mol. The normalized spacial score (nSPS) is 20.1. The average Bonchev–Trinajstić information content (AvgIpc) is 3.06. The van der Waals surface area contributed by atoms with Gasteiger partial charge in [0.2, 0.25) is 0 Å². The van der Waals surface area contributed by atoms with Crippen molar-refractivity contribution in [1.29, 1.82) is 0 Å². The van der Waals surface area contributed by atoms with E-state index < -0.39 is 16.6 Å². The van der Waals surface area contributed by atoms with Crippen LogP contribution in [0.4, 0.5) is 0 Å². The second kappa shape index (κ2) is 11.1. The zero-order valence-electron chi connectivity index (χ0n) is 23.0. The Labute approximate surface area is 209 Å². The molecule has 2 atom stereocenters. The number of carbonyl (C=O) groups is 1. The Hall–Kier alpha value is -1.44. The zero-order chi connectivity index (χ0) is 25.8. The van der Waals surface area contributed by atoms with Crippen molar-refractivity contribution in [3.8, 4) is 11.8 Å². The Balaban J connectivity index is 2.08. The van der Waals surface area contributed by atoms with E-state index in [1.165, 1.54) is 0 Å². The van der Waals surface area contributed by atoms with E-state index in [1.54, 1.807) is 17.2 Å². The third kappa shape index (κ3) is 7.79. The topological polar surface area (TPSA) is 48.0 Å². The van der Waals surface area contributed by atoms with E-state index in [4.69, 9.17) is 13.7 Å². The first kappa shape index (κ1) is 28.8. The molecule has 0 saturated carbocycles. The maximum absolute atomic E-state index is 12.7. The van der Waals surface area contributed by atoms with E-state index in [9.17, 15) is 4.79 Å². The fourth-order valence-electron chi connectivity index (χ4n) is 3.18. The molecule has 0 spiro atoms. The highest BCUT2D eigenvalue weighted by atomic mass is 28.4. The molecule has 1 saturated heterocycles. The van der Waals surface area contributed by atoms with Gasteiger partial charge in [-0.15, -0.1) is 5.06 Å². The van der Waals surface area contributed by atoms with Crippen LogP contribution in [0.3, 0.4) is 0 Å². The van der Waals surface area contributed by atoms with Crippen molar-refractivity contribution in [3.63, 3.8) is 0 Å². The van der Waals surface area contributed by atoms with E-state index in [1.807, 2.05) is 18.2 Å². The second-order valence-corrected chi connectivity index (χ2v) is 21.8. The molecule has 0 bridgehead atoms. The summed E-state index contributed by atoms with van der Waals surface area (Å²) in [7, 11) is -3.72. The summed E-state index contributed by atoms with van der Waals surface area (Å²) in [6.07, 6.45) is 1.38. The Morgan fingerprint density at radius 1 is 1.00 bits per heavy atom. The van der Waals surface area contributed by atoms with Crippen LogP contribution in [0.5, 0.6) is 0 Å². The van der Waals surface area contributed by atoms with Crippen molar-refractivity contribution in [2.24, 2.45) is 0 Å². The van der Waals surface area contributed by atoms with Crippen LogP contribution in [0.2, 0.25) is 36.3 Å². The van der Waals surface area contributed by atoms with Gasteiger partial charge in [-0.25, -0.2) is 4.79 Å². The molecule has 1 fully saturated rings. The minimum Gasteiger partial charge on any atom is -0.416 e. The first-order valence-electron chi connectivity index (χ1n) is 12.4. The molecule has 1 aliphatic heterocycles. The molecule has 0 N–H and O–H groups in total. The van der Waals surface area contributed by atoms with Crippen molar-refractivity contribution in [2.45, 2.75) is 103 Å². The van der Waals surface area contributed by atoms with Gasteiger partial charge in [0, 0.05) is 19.4 Å². The highest BCUT2D eigenvalue weighted by molar-refractivity contribution is 6.74. The molecule has 1 aromatic rings. The zero-order valence-corrected chi connectivity index (χ0v) is 25.0. The molecule has 7 heteroatoms. The predicted octanol–water partition coefficient (Wildman–Crippen LogP) is 6.64. The van der Waals surface area contributed by atoms with Gasteiger partial charge in [-0.05, 0) is 48.4 Å². The summed E-state index contributed by atoms with van der Waals surface area (Å²) < 4.78 is 12.9. The quantitative estimate of drug-likeness (QED) is 0.237. The summed E-state index contributed by atoms with van der Waals surface area (Å²) in [5.74, 6) is 6.26. The summed E-state index contributed by atoms with van der Waals surface area (Å²) in [4.78, 5) is 18.5. The van der Waals surface area contributed by atoms with Gasteiger partial charge in [-0.3, -0.25) is 0 Å². The van der Waals surface area contributed by atoms with E-state index >= 15 is 0 Å². The third-order valence-corrected chi connectivity index (χ3v) is 16.5.